The maximum atomic E-state index is 10.3. The van der Waals surface area contributed by atoms with Crippen LogP contribution < -0.4 is 11.1 Å². The van der Waals surface area contributed by atoms with E-state index in [2.05, 4.69) is 10.1 Å². The lowest BCUT2D eigenvalue weighted by Gasteiger charge is -1.99. The number of nitrogens with two attached hydrogens (primary N) is 1. The van der Waals surface area contributed by atoms with Crippen LogP contribution in [0.2, 0.25) is 0 Å². The molecule has 1 atom stereocenters. The number of nitrogens with one attached hydrogen (secondary N) is 1. The molecule has 0 aromatic rings. The van der Waals surface area contributed by atoms with Crippen LogP contribution in [0.25, 0.3) is 0 Å². The smallest absolute Gasteiger partial charge is 0.302 e. The first-order chi connectivity index (χ1) is 6.57. The topological polar surface area (TPSA) is 81.4 Å². The molecule has 1 fully saturated rings. The largest absolute Gasteiger partial charge is 0.466 e. The molecule has 5 nitrogen and oxygen atoms in total. The first-order valence-corrected chi connectivity index (χ1v) is 5.47. The molecule has 1 aliphatic heterocycles. The molecule has 0 bridgehead atoms. The molecule has 1 amide bonds. The third kappa shape index (κ3) is 11.9. The van der Waals surface area contributed by atoms with Gasteiger partial charge >= 0.3 is 5.97 Å². The molecule has 1 heterocycles. The lowest BCUT2D eigenvalue weighted by atomic mass is 10.3. The third-order valence-electron chi connectivity index (χ3n) is 1.41. The van der Waals surface area contributed by atoms with Crippen LogP contribution in [0.5, 0.6) is 0 Å². The molecule has 0 radical (unpaired) electrons. The summed E-state index contributed by atoms with van der Waals surface area (Å²) in [6.45, 7) is 3.65. The van der Waals surface area contributed by atoms with Crippen molar-refractivity contribution in [3.05, 3.63) is 0 Å². The monoisotopic (exact) mass is 292 g/mol. The minimum Gasteiger partial charge on any atom is -0.466 e. The summed E-state index contributed by atoms with van der Waals surface area (Å²) in [7, 11) is 0. The van der Waals surface area contributed by atoms with E-state index in [9.17, 15) is 9.59 Å². The second-order valence-corrected chi connectivity index (χ2v) is 3.63. The molecule has 98 valence electrons. The molecule has 0 aromatic heterocycles. The third-order valence-corrected chi connectivity index (χ3v) is 2.35. The van der Waals surface area contributed by atoms with Gasteiger partial charge in [0.05, 0.1) is 12.6 Å². The van der Waals surface area contributed by atoms with Crippen molar-refractivity contribution in [2.45, 2.75) is 19.9 Å². The predicted octanol–water partition coefficient (Wildman–Crippen LogP) is 0.547. The number of esters is 1. The number of halogens is 2. The zero-order chi connectivity index (χ0) is 11.0. The summed E-state index contributed by atoms with van der Waals surface area (Å²) >= 11 is 1.70. The Morgan fingerprint density at radius 1 is 1.50 bits per heavy atom. The van der Waals surface area contributed by atoms with E-state index in [4.69, 9.17) is 5.73 Å². The van der Waals surface area contributed by atoms with E-state index in [-0.39, 0.29) is 42.7 Å². The van der Waals surface area contributed by atoms with E-state index in [1.54, 1.807) is 18.7 Å². The average Bonchev–Trinajstić information content (AvgIpc) is 2.56. The maximum Gasteiger partial charge on any atom is 0.302 e. The Labute approximate surface area is 112 Å². The molecule has 8 heteroatoms. The molecule has 0 spiro atoms. The van der Waals surface area contributed by atoms with Crippen molar-refractivity contribution < 1.29 is 14.3 Å². The van der Waals surface area contributed by atoms with Crippen molar-refractivity contribution in [1.29, 1.82) is 0 Å². The van der Waals surface area contributed by atoms with Gasteiger partial charge in [0.15, 0.2) is 0 Å². The maximum absolute atomic E-state index is 10.3. The predicted molar refractivity (Wildman–Crippen MR) is 70.2 cm³/mol. The Bertz CT molecular complexity index is 202. The van der Waals surface area contributed by atoms with E-state index < -0.39 is 0 Å². The SMILES string of the molecule is CCOC(C)=O.Cl.Cl.NC(=O)C1CSCN1. The first kappa shape index (κ1) is 21.1. The lowest BCUT2D eigenvalue weighted by Crippen LogP contribution is -2.38. The second-order valence-electron chi connectivity index (χ2n) is 2.60. The summed E-state index contributed by atoms with van der Waals surface area (Å²) in [6, 6.07) is -0.0833. The van der Waals surface area contributed by atoms with Crippen molar-refractivity contribution in [1.82, 2.24) is 5.32 Å². The highest BCUT2D eigenvalue weighted by Crippen LogP contribution is 2.07. The summed E-state index contributed by atoms with van der Waals surface area (Å²) < 4.78 is 4.40. The molecule has 16 heavy (non-hydrogen) atoms. The summed E-state index contributed by atoms with van der Waals surface area (Å²) in [4.78, 5) is 20.2. The van der Waals surface area contributed by atoms with Gasteiger partial charge in [0.1, 0.15) is 0 Å². The standard InChI is InChI=1S/C4H8N2OS.C4H8O2.2ClH/c5-4(7)3-1-8-2-6-3;1-3-6-4(2)5;;/h3,6H,1-2H2,(H2,5,7);3H2,1-2H3;2*1H. The van der Waals surface area contributed by atoms with Gasteiger partial charge in [-0.3, -0.25) is 14.9 Å². The molecular formula is C8H18Cl2N2O3S. The molecule has 1 unspecified atom stereocenters. The van der Waals surface area contributed by atoms with Crippen LogP contribution in [-0.4, -0.2) is 36.2 Å². The minimum absolute atomic E-state index is 0. The minimum atomic E-state index is -0.241. The average molecular weight is 293 g/mol. The summed E-state index contributed by atoms with van der Waals surface area (Å²) in [5.41, 5.74) is 4.98. The van der Waals surface area contributed by atoms with Gasteiger partial charge in [-0.1, -0.05) is 0 Å². The van der Waals surface area contributed by atoms with Crippen molar-refractivity contribution in [2.75, 3.05) is 18.2 Å². The van der Waals surface area contributed by atoms with Gasteiger partial charge in [0, 0.05) is 18.6 Å². The normalized spacial score (nSPS) is 17.0. The number of hydrogen-bond donors (Lipinski definition) is 2. The van der Waals surface area contributed by atoms with Crippen LogP contribution in [0.1, 0.15) is 13.8 Å². The van der Waals surface area contributed by atoms with E-state index in [1.165, 1.54) is 6.92 Å². The fourth-order valence-electron chi connectivity index (χ4n) is 0.781. The Kier molecular flexibility index (Phi) is 17.0. The number of primary amides is 1. The molecule has 0 aliphatic carbocycles. The molecule has 0 aromatic carbocycles. The summed E-state index contributed by atoms with van der Waals surface area (Å²) in [5, 5.41) is 2.94. The van der Waals surface area contributed by atoms with Crippen LogP contribution >= 0.6 is 36.6 Å². The van der Waals surface area contributed by atoms with Crippen LogP contribution in [0, 0.1) is 0 Å². The molecule has 3 N–H and O–H groups in total. The van der Waals surface area contributed by atoms with Crippen molar-refractivity contribution >= 4 is 48.5 Å². The van der Waals surface area contributed by atoms with Gasteiger partial charge in [-0.2, -0.15) is 0 Å². The first-order valence-electron chi connectivity index (χ1n) is 4.31. The number of amides is 1. The van der Waals surface area contributed by atoms with E-state index in [0.29, 0.717) is 6.61 Å². The van der Waals surface area contributed by atoms with Gasteiger partial charge in [-0.05, 0) is 6.92 Å². The van der Waals surface area contributed by atoms with Crippen molar-refractivity contribution in [3.63, 3.8) is 0 Å². The van der Waals surface area contributed by atoms with Gasteiger partial charge in [0.2, 0.25) is 5.91 Å². The second kappa shape index (κ2) is 12.9. The summed E-state index contributed by atoms with van der Waals surface area (Å²) in [6.07, 6.45) is 0. The van der Waals surface area contributed by atoms with Crippen LogP contribution in [-0.2, 0) is 14.3 Å². The van der Waals surface area contributed by atoms with Crippen LogP contribution in [0.15, 0.2) is 0 Å². The van der Waals surface area contributed by atoms with Gasteiger partial charge in [-0.15, -0.1) is 36.6 Å². The zero-order valence-electron chi connectivity index (χ0n) is 9.23. The number of ether oxygens (including phenoxy) is 1. The van der Waals surface area contributed by atoms with Crippen LogP contribution in [0.4, 0.5) is 0 Å². The van der Waals surface area contributed by atoms with Gasteiger partial charge < -0.3 is 10.5 Å². The number of carbonyl (C=O) groups is 2. The highest BCUT2D eigenvalue weighted by Gasteiger charge is 2.18. The Hall–Kier alpha value is -0.170. The lowest BCUT2D eigenvalue weighted by molar-refractivity contribution is -0.140. The quantitative estimate of drug-likeness (QED) is 0.727. The number of carbonyl (C=O) groups excluding carboxylic acids is 2. The number of thioether (sulfide) groups is 1. The van der Waals surface area contributed by atoms with E-state index in [0.717, 1.165) is 11.6 Å². The van der Waals surface area contributed by atoms with Crippen molar-refractivity contribution in [3.8, 4) is 0 Å². The molecule has 1 aliphatic rings. The van der Waals surface area contributed by atoms with Gasteiger partial charge in [-0.25, -0.2) is 0 Å². The highest BCUT2D eigenvalue weighted by atomic mass is 35.5. The molecule has 1 rings (SSSR count). The molecule has 1 saturated heterocycles. The van der Waals surface area contributed by atoms with Crippen LogP contribution in [0.3, 0.4) is 0 Å². The van der Waals surface area contributed by atoms with Crippen molar-refractivity contribution in [2.24, 2.45) is 5.73 Å². The molecule has 0 saturated carbocycles. The summed E-state index contributed by atoms with van der Waals surface area (Å²) in [5.74, 6) is 1.23. The fraction of sp³-hybridized carbons (Fsp3) is 0.750. The van der Waals surface area contributed by atoms with Gasteiger partial charge in [0.25, 0.3) is 0 Å². The number of hydrogen-bond acceptors (Lipinski definition) is 5. The van der Waals surface area contributed by atoms with E-state index in [1.807, 2.05) is 0 Å². The Morgan fingerprint density at radius 2 is 2.06 bits per heavy atom. The fourth-order valence-corrected chi connectivity index (χ4v) is 1.74. The zero-order valence-corrected chi connectivity index (χ0v) is 11.7. The Morgan fingerprint density at radius 3 is 2.19 bits per heavy atom. The van der Waals surface area contributed by atoms with E-state index >= 15 is 0 Å². The Balaban J connectivity index is -0.000000195. The highest BCUT2D eigenvalue weighted by molar-refractivity contribution is 7.99. The number of rotatable bonds is 2. The molecular weight excluding hydrogens is 275 g/mol.